The molecule has 8 nitrogen and oxygen atoms in total. The maximum Gasteiger partial charge on any atom is 0.226 e. The van der Waals surface area contributed by atoms with E-state index in [1.165, 1.54) is 0 Å². The molecule has 0 aliphatic carbocycles. The molecule has 3 aromatic rings. The van der Waals surface area contributed by atoms with Gasteiger partial charge in [-0.05, 0) is 67.6 Å². The Labute approximate surface area is 221 Å². The summed E-state index contributed by atoms with van der Waals surface area (Å²) >= 11 is 0. The van der Waals surface area contributed by atoms with E-state index >= 15 is 0 Å². The third-order valence-electron chi connectivity index (χ3n) is 8.58. The van der Waals surface area contributed by atoms with Crippen molar-refractivity contribution in [2.24, 2.45) is 5.92 Å². The smallest absolute Gasteiger partial charge is 0.226 e. The van der Waals surface area contributed by atoms with Gasteiger partial charge in [-0.3, -0.25) is 4.79 Å². The third kappa shape index (κ3) is 5.43. The van der Waals surface area contributed by atoms with Crippen LogP contribution in [0.15, 0.2) is 42.9 Å². The standard InChI is InChI=1S/C28H40N6O2Si/c1-28(2,3)37(4,5)36-19-21-12-13-25(29-17-21)32-14-15-33-24(18-32)16-22(27(33)35)8-6-9-23-10-7-11-26-30-20-31-34(23)26/h7,10-13,17,20,22,24H,6,8-9,14-16,18-19H2,1-5H3/t22?,24-/m0/s1. The second-order valence-corrected chi connectivity index (χ2v) is 16.9. The topological polar surface area (TPSA) is 75.9 Å². The molecule has 2 fully saturated rings. The summed E-state index contributed by atoms with van der Waals surface area (Å²) in [4.78, 5) is 26.6. The molecule has 37 heavy (non-hydrogen) atoms. The van der Waals surface area contributed by atoms with Crippen molar-refractivity contribution in [2.45, 2.75) is 77.2 Å². The Bertz CT molecular complexity index is 1240. The van der Waals surface area contributed by atoms with Gasteiger partial charge in [0.2, 0.25) is 5.91 Å². The summed E-state index contributed by atoms with van der Waals surface area (Å²) in [6.07, 6.45) is 7.26. The Morgan fingerprint density at radius 2 is 1.95 bits per heavy atom. The van der Waals surface area contributed by atoms with Crippen molar-refractivity contribution in [3.8, 4) is 0 Å². The lowest BCUT2D eigenvalue weighted by atomic mass is 9.97. The van der Waals surface area contributed by atoms with Crippen molar-refractivity contribution >= 4 is 25.7 Å². The van der Waals surface area contributed by atoms with E-state index < -0.39 is 8.32 Å². The number of hydrogen-bond acceptors (Lipinski definition) is 6. The summed E-state index contributed by atoms with van der Waals surface area (Å²) in [6.45, 7) is 14.4. The minimum atomic E-state index is -1.78. The van der Waals surface area contributed by atoms with Crippen molar-refractivity contribution < 1.29 is 9.22 Å². The predicted octanol–water partition coefficient (Wildman–Crippen LogP) is 4.71. The first-order chi connectivity index (χ1) is 17.6. The van der Waals surface area contributed by atoms with Crippen LogP contribution in [0.3, 0.4) is 0 Å². The molecule has 2 aliphatic rings. The van der Waals surface area contributed by atoms with Gasteiger partial charge >= 0.3 is 0 Å². The van der Waals surface area contributed by atoms with Crippen LogP contribution in [0.4, 0.5) is 5.82 Å². The first kappa shape index (κ1) is 25.8. The third-order valence-corrected chi connectivity index (χ3v) is 13.1. The van der Waals surface area contributed by atoms with Crippen LogP contribution in [0.1, 0.15) is 51.3 Å². The van der Waals surface area contributed by atoms with Gasteiger partial charge in [0.15, 0.2) is 14.0 Å². The predicted molar refractivity (Wildman–Crippen MR) is 148 cm³/mol. The molecular weight excluding hydrogens is 480 g/mol. The van der Waals surface area contributed by atoms with Gasteiger partial charge in [0, 0.05) is 37.4 Å². The first-order valence-electron chi connectivity index (χ1n) is 13.5. The summed E-state index contributed by atoms with van der Waals surface area (Å²) in [5.74, 6) is 1.44. The van der Waals surface area contributed by atoms with Crippen molar-refractivity contribution in [3.63, 3.8) is 0 Å². The van der Waals surface area contributed by atoms with Crippen molar-refractivity contribution in [1.82, 2.24) is 24.5 Å². The number of carbonyl (C=O) groups excluding carboxylic acids is 1. The van der Waals surface area contributed by atoms with Crippen molar-refractivity contribution in [2.75, 3.05) is 24.5 Å². The van der Waals surface area contributed by atoms with Crippen LogP contribution in [0, 0.1) is 5.92 Å². The highest BCUT2D eigenvalue weighted by molar-refractivity contribution is 6.74. The Balaban J connectivity index is 1.13. The fourth-order valence-corrected chi connectivity index (χ4v) is 6.21. The molecule has 3 aromatic heterocycles. The fourth-order valence-electron chi connectivity index (χ4n) is 5.25. The molecule has 5 heterocycles. The van der Waals surface area contributed by atoms with E-state index in [1.54, 1.807) is 6.33 Å². The van der Waals surface area contributed by atoms with Gasteiger partial charge in [-0.15, -0.1) is 0 Å². The molecule has 0 radical (unpaired) electrons. The number of anilines is 1. The number of nitrogens with zero attached hydrogens (tertiary/aromatic N) is 6. The summed E-state index contributed by atoms with van der Waals surface area (Å²) in [7, 11) is -1.78. The van der Waals surface area contributed by atoms with Crippen LogP contribution >= 0.6 is 0 Å². The molecule has 1 unspecified atom stereocenters. The Kier molecular flexibility index (Phi) is 7.11. The molecule has 0 saturated carbocycles. The zero-order valence-electron chi connectivity index (χ0n) is 22.9. The SMILES string of the molecule is CC(C)(C)[Si](C)(C)OCc1ccc(N2CCN3C(=O)C(CCCc4cccc5ncnn45)C[C@H]3C2)nc1. The van der Waals surface area contributed by atoms with E-state index in [1.807, 2.05) is 22.8 Å². The van der Waals surface area contributed by atoms with E-state index in [2.05, 4.69) is 71.9 Å². The maximum absolute atomic E-state index is 13.1. The van der Waals surface area contributed by atoms with Gasteiger partial charge in [0.05, 0.1) is 12.6 Å². The maximum atomic E-state index is 13.1. The van der Waals surface area contributed by atoms with Gasteiger partial charge in [0.25, 0.3) is 0 Å². The number of pyridine rings is 2. The number of carbonyl (C=O) groups is 1. The minimum Gasteiger partial charge on any atom is -0.413 e. The van der Waals surface area contributed by atoms with Crippen LogP contribution in [0.25, 0.3) is 5.65 Å². The molecule has 0 aromatic carbocycles. The fraction of sp³-hybridized carbons (Fsp3) is 0.571. The minimum absolute atomic E-state index is 0.114. The lowest BCUT2D eigenvalue weighted by Gasteiger charge is -2.38. The monoisotopic (exact) mass is 520 g/mol. The highest BCUT2D eigenvalue weighted by atomic mass is 28.4. The first-order valence-corrected chi connectivity index (χ1v) is 16.5. The van der Waals surface area contributed by atoms with Crippen molar-refractivity contribution in [3.05, 3.63) is 54.1 Å². The molecule has 0 N–H and O–H groups in total. The van der Waals surface area contributed by atoms with E-state index in [4.69, 9.17) is 9.41 Å². The summed E-state index contributed by atoms with van der Waals surface area (Å²) in [6, 6.07) is 10.6. The molecular formula is C28H40N6O2Si. The highest BCUT2D eigenvalue weighted by Gasteiger charge is 2.42. The number of hydrogen-bond donors (Lipinski definition) is 0. The van der Waals surface area contributed by atoms with Gasteiger partial charge in [-0.25, -0.2) is 14.5 Å². The normalized spacial score (nSPS) is 20.6. The van der Waals surface area contributed by atoms with E-state index in [-0.39, 0.29) is 17.0 Å². The largest absolute Gasteiger partial charge is 0.413 e. The molecule has 2 atom stereocenters. The highest BCUT2D eigenvalue weighted by Crippen LogP contribution is 2.37. The van der Waals surface area contributed by atoms with E-state index in [0.717, 1.165) is 68.0 Å². The molecule has 5 rings (SSSR count). The molecule has 0 bridgehead atoms. The van der Waals surface area contributed by atoms with Gasteiger partial charge in [-0.1, -0.05) is 32.9 Å². The number of aryl methyl sites for hydroxylation is 1. The number of amides is 1. The molecule has 0 spiro atoms. The van der Waals surface area contributed by atoms with Gasteiger partial charge in [-0.2, -0.15) is 5.10 Å². The number of rotatable bonds is 8. The zero-order valence-corrected chi connectivity index (χ0v) is 23.9. The average Bonchev–Trinajstić information content (AvgIpc) is 3.47. The summed E-state index contributed by atoms with van der Waals surface area (Å²) < 4.78 is 8.25. The molecule has 9 heteroatoms. The van der Waals surface area contributed by atoms with Crippen LogP contribution < -0.4 is 4.90 Å². The van der Waals surface area contributed by atoms with Gasteiger partial charge < -0.3 is 14.2 Å². The van der Waals surface area contributed by atoms with E-state index in [0.29, 0.717) is 12.5 Å². The lowest BCUT2D eigenvalue weighted by Crippen LogP contribution is -2.51. The lowest BCUT2D eigenvalue weighted by molar-refractivity contribution is -0.132. The van der Waals surface area contributed by atoms with Crippen LogP contribution in [0.5, 0.6) is 0 Å². The number of piperazine rings is 1. The molecule has 198 valence electrons. The van der Waals surface area contributed by atoms with Crippen molar-refractivity contribution in [1.29, 1.82) is 0 Å². The molecule has 2 aliphatic heterocycles. The van der Waals surface area contributed by atoms with Crippen LogP contribution in [-0.2, 0) is 22.2 Å². The summed E-state index contributed by atoms with van der Waals surface area (Å²) in [5, 5.41) is 4.53. The Morgan fingerprint density at radius 1 is 1.11 bits per heavy atom. The van der Waals surface area contributed by atoms with Crippen LogP contribution in [0.2, 0.25) is 18.1 Å². The van der Waals surface area contributed by atoms with E-state index in [9.17, 15) is 4.79 Å². The zero-order chi connectivity index (χ0) is 26.2. The Hall–Kier alpha value is -2.78. The number of fused-ring (bicyclic) bond motifs is 2. The second-order valence-electron chi connectivity index (χ2n) is 12.1. The average molecular weight is 521 g/mol. The second kappa shape index (κ2) is 10.2. The van der Waals surface area contributed by atoms with Gasteiger partial charge in [0.1, 0.15) is 12.1 Å². The summed E-state index contributed by atoms with van der Waals surface area (Å²) in [5.41, 5.74) is 3.13. The Morgan fingerprint density at radius 3 is 2.70 bits per heavy atom. The van der Waals surface area contributed by atoms with Crippen LogP contribution in [-0.4, -0.2) is 64.4 Å². The quantitative estimate of drug-likeness (QED) is 0.401. The molecule has 2 saturated heterocycles. The number of aromatic nitrogens is 4. The molecule has 1 amide bonds.